The van der Waals surface area contributed by atoms with E-state index in [1.165, 1.54) is 51.4 Å². The first-order valence-corrected chi connectivity index (χ1v) is 9.06. The van der Waals surface area contributed by atoms with Gasteiger partial charge in [-0.25, -0.2) is 0 Å². The highest BCUT2D eigenvalue weighted by molar-refractivity contribution is 5.77. The summed E-state index contributed by atoms with van der Waals surface area (Å²) in [6.07, 6.45) is 13.0. The Kier molecular flexibility index (Phi) is 6.09. The average Bonchev–Trinajstić information content (AvgIpc) is 2.55. The van der Waals surface area contributed by atoms with Gasteiger partial charge in [-0.05, 0) is 56.4 Å². The van der Waals surface area contributed by atoms with Crippen molar-refractivity contribution in [2.24, 2.45) is 17.1 Å². The van der Waals surface area contributed by atoms with E-state index >= 15 is 0 Å². The van der Waals surface area contributed by atoms with Crippen LogP contribution in [0.4, 0.5) is 0 Å². The molecule has 2 aliphatic carbocycles. The molecule has 2 N–H and O–H groups in total. The number of rotatable bonds is 5. The third-order valence-corrected chi connectivity index (χ3v) is 6.21. The summed E-state index contributed by atoms with van der Waals surface area (Å²) in [5, 5.41) is 0. The number of amides is 1. The maximum Gasteiger partial charge on any atom is 0.223 e. The van der Waals surface area contributed by atoms with Crippen molar-refractivity contribution in [2.45, 2.75) is 83.6 Å². The molecule has 0 aliphatic heterocycles. The molecule has 3 nitrogen and oxygen atoms in total. The van der Waals surface area contributed by atoms with E-state index in [9.17, 15) is 4.79 Å². The van der Waals surface area contributed by atoms with E-state index < -0.39 is 0 Å². The molecule has 0 radical (unpaired) electrons. The summed E-state index contributed by atoms with van der Waals surface area (Å²) in [4.78, 5) is 14.7. The van der Waals surface area contributed by atoms with Crippen LogP contribution in [0, 0.1) is 11.3 Å². The number of hydrogen-bond donors (Lipinski definition) is 1. The Hall–Kier alpha value is -0.570. The van der Waals surface area contributed by atoms with E-state index in [2.05, 4.69) is 11.8 Å². The molecule has 2 aliphatic rings. The molecule has 3 heteroatoms. The maximum absolute atomic E-state index is 12.7. The Labute approximate surface area is 130 Å². The minimum atomic E-state index is 0.101. The van der Waals surface area contributed by atoms with Crippen LogP contribution in [0.2, 0.25) is 0 Å². The zero-order valence-corrected chi connectivity index (χ0v) is 14.1. The molecule has 0 aromatic carbocycles. The van der Waals surface area contributed by atoms with Gasteiger partial charge in [0, 0.05) is 19.5 Å². The topological polar surface area (TPSA) is 46.3 Å². The highest BCUT2D eigenvalue weighted by Crippen LogP contribution is 2.39. The summed E-state index contributed by atoms with van der Waals surface area (Å²) in [5.74, 6) is 1.22. The molecule has 2 fully saturated rings. The zero-order valence-electron chi connectivity index (χ0n) is 14.1. The first-order chi connectivity index (χ1) is 10.1. The van der Waals surface area contributed by atoms with Gasteiger partial charge in [-0.15, -0.1) is 0 Å². The molecular formula is C18H34N2O. The second-order valence-electron chi connectivity index (χ2n) is 7.53. The summed E-state index contributed by atoms with van der Waals surface area (Å²) in [7, 11) is 2.02. The fraction of sp³-hybridized carbons (Fsp3) is 0.944. The third-order valence-electron chi connectivity index (χ3n) is 6.21. The molecule has 21 heavy (non-hydrogen) atoms. The molecule has 2 rings (SSSR count). The van der Waals surface area contributed by atoms with Crippen molar-refractivity contribution in [1.29, 1.82) is 0 Å². The van der Waals surface area contributed by atoms with Gasteiger partial charge in [-0.2, -0.15) is 0 Å². The minimum absolute atomic E-state index is 0.101. The Morgan fingerprint density at radius 2 is 1.76 bits per heavy atom. The van der Waals surface area contributed by atoms with Crippen molar-refractivity contribution >= 4 is 5.91 Å². The largest absolute Gasteiger partial charge is 0.343 e. The summed E-state index contributed by atoms with van der Waals surface area (Å²) in [6.45, 7) is 2.96. The van der Waals surface area contributed by atoms with Crippen LogP contribution in [0.15, 0.2) is 0 Å². The number of nitrogens with zero attached hydrogens (tertiary/aromatic N) is 1. The predicted molar refractivity (Wildman–Crippen MR) is 88.0 cm³/mol. The van der Waals surface area contributed by atoms with E-state index in [0.29, 0.717) is 24.9 Å². The van der Waals surface area contributed by atoms with E-state index in [4.69, 9.17) is 5.73 Å². The van der Waals surface area contributed by atoms with Gasteiger partial charge in [-0.3, -0.25) is 4.79 Å². The van der Waals surface area contributed by atoms with Gasteiger partial charge < -0.3 is 10.6 Å². The van der Waals surface area contributed by atoms with Gasteiger partial charge in [0.05, 0.1) is 0 Å². The van der Waals surface area contributed by atoms with E-state index in [-0.39, 0.29) is 5.41 Å². The van der Waals surface area contributed by atoms with Crippen molar-refractivity contribution in [2.75, 3.05) is 13.6 Å². The molecule has 0 spiro atoms. The zero-order chi connectivity index (χ0) is 15.3. The second-order valence-corrected chi connectivity index (χ2v) is 7.53. The number of carbonyl (C=O) groups is 1. The van der Waals surface area contributed by atoms with Crippen LogP contribution in [-0.4, -0.2) is 30.4 Å². The van der Waals surface area contributed by atoms with Crippen LogP contribution in [0.3, 0.4) is 0 Å². The lowest BCUT2D eigenvalue weighted by atomic mass is 9.71. The highest BCUT2D eigenvalue weighted by Gasteiger charge is 2.35. The van der Waals surface area contributed by atoms with Crippen molar-refractivity contribution in [3.05, 3.63) is 0 Å². The lowest BCUT2D eigenvalue weighted by Crippen LogP contribution is -2.44. The fourth-order valence-electron chi connectivity index (χ4n) is 4.34. The summed E-state index contributed by atoms with van der Waals surface area (Å²) < 4.78 is 0. The van der Waals surface area contributed by atoms with Gasteiger partial charge in [0.15, 0.2) is 0 Å². The minimum Gasteiger partial charge on any atom is -0.343 e. The van der Waals surface area contributed by atoms with E-state index in [1.54, 1.807) is 0 Å². The van der Waals surface area contributed by atoms with Gasteiger partial charge in [-0.1, -0.05) is 32.6 Å². The molecule has 0 aromatic rings. The highest BCUT2D eigenvalue weighted by atomic mass is 16.2. The molecular weight excluding hydrogens is 260 g/mol. The smallest absolute Gasteiger partial charge is 0.223 e. The standard InChI is InChI=1S/C18H34N2O/c1-3-15-7-9-16(10-8-15)20(2)17(21)13-18(14-19)11-5-4-6-12-18/h15-16H,3-14,19H2,1-2H3. The quantitative estimate of drug-likeness (QED) is 0.840. The van der Waals surface area contributed by atoms with Crippen LogP contribution >= 0.6 is 0 Å². The maximum atomic E-state index is 12.7. The van der Waals surface area contributed by atoms with Crippen LogP contribution in [0.25, 0.3) is 0 Å². The lowest BCUT2D eigenvalue weighted by molar-refractivity contribution is -0.135. The molecule has 0 unspecified atom stereocenters. The number of nitrogens with two attached hydrogens (primary N) is 1. The van der Waals surface area contributed by atoms with Crippen LogP contribution in [-0.2, 0) is 4.79 Å². The van der Waals surface area contributed by atoms with Crippen LogP contribution < -0.4 is 5.73 Å². The van der Waals surface area contributed by atoms with Crippen LogP contribution in [0.5, 0.6) is 0 Å². The van der Waals surface area contributed by atoms with E-state index in [1.807, 2.05) is 7.05 Å². The average molecular weight is 294 g/mol. The summed E-state index contributed by atoms with van der Waals surface area (Å²) >= 11 is 0. The van der Waals surface area contributed by atoms with Crippen LogP contribution in [0.1, 0.15) is 77.6 Å². The van der Waals surface area contributed by atoms with Gasteiger partial charge in [0.2, 0.25) is 5.91 Å². The molecule has 0 heterocycles. The normalized spacial score (nSPS) is 29.1. The second kappa shape index (κ2) is 7.62. The van der Waals surface area contributed by atoms with Gasteiger partial charge >= 0.3 is 0 Å². The third kappa shape index (κ3) is 4.21. The first-order valence-electron chi connectivity index (χ1n) is 9.06. The molecule has 0 bridgehead atoms. The lowest BCUT2D eigenvalue weighted by Gasteiger charge is -2.39. The Bertz CT molecular complexity index is 328. The van der Waals surface area contributed by atoms with Crippen molar-refractivity contribution in [3.8, 4) is 0 Å². The predicted octanol–water partition coefficient (Wildman–Crippen LogP) is 3.71. The van der Waals surface area contributed by atoms with E-state index in [0.717, 1.165) is 18.8 Å². The molecule has 1 amide bonds. The van der Waals surface area contributed by atoms with Gasteiger partial charge in [0.1, 0.15) is 0 Å². The fourth-order valence-corrected chi connectivity index (χ4v) is 4.34. The molecule has 0 saturated heterocycles. The van der Waals surface area contributed by atoms with Gasteiger partial charge in [0.25, 0.3) is 0 Å². The summed E-state index contributed by atoms with van der Waals surface area (Å²) in [5.41, 5.74) is 6.13. The number of hydrogen-bond acceptors (Lipinski definition) is 2. The molecule has 0 aromatic heterocycles. The molecule has 0 atom stereocenters. The summed E-state index contributed by atoms with van der Waals surface area (Å²) in [6, 6.07) is 0.471. The molecule has 122 valence electrons. The SMILES string of the molecule is CCC1CCC(N(C)C(=O)CC2(CN)CCCCC2)CC1. The molecule has 2 saturated carbocycles. The number of carbonyl (C=O) groups excluding carboxylic acids is 1. The Balaban J connectivity index is 1.87. The Morgan fingerprint density at radius 1 is 1.14 bits per heavy atom. The van der Waals surface area contributed by atoms with Crippen molar-refractivity contribution in [1.82, 2.24) is 4.90 Å². The monoisotopic (exact) mass is 294 g/mol. The van der Waals surface area contributed by atoms with Crippen molar-refractivity contribution < 1.29 is 4.79 Å². The Morgan fingerprint density at radius 3 is 2.29 bits per heavy atom. The van der Waals surface area contributed by atoms with Crippen molar-refractivity contribution in [3.63, 3.8) is 0 Å². The first kappa shape index (κ1) is 16.8.